The second-order valence-electron chi connectivity index (χ2n) is 4.55. The normalized spacial score (nSPS) is 11.1. The summed E-state index contributed by atoms with van der Waals surface area (Å²) in [5, 5.41) is 8.30. The minimum atomic E-state index is -0.0605. The first kappa shape index (κ1) is 12.3. The van der Waals surface area contributed by atoms with Crippen LogP contribution in [0.4, 0.5) is 5.82 Å². The number of anilines is 1. The minimum absolute atomic E-state index is 0.0605. The summed E-state index contributed by atoms with van der Waals surface area (Å²) in [6, 6.07) is 2.14. The van der Waals surface area contributed by atoms with E-state index in [4.69, 9.17) is 5.73 Å². The summed E-state index contributed by atoms with van der Waals surface area (Å²) >= 11 is 0. The highest BCUT2D eigenvalue weighted by atomic mass is 16.1. The van der Waals surface area contributed by atoms with E-state index in [0.717, 1.165) is 5.69 Å². The molecule has 96 valence electrons. The third-order valence-electron chi connectivity index (χ3n) is 2.82. The average Bonchev–Trinajstić information content (AvgIpc) is 2.88. The highest BCUT2D eigenvalue weighted by molar-refractivity contribution is 6.00. The molecule has 6 heteroatoms. The van der Waals surface area contributed by atoms with Crippen LogP contribution in [-0.4, -0.2) is 25.3 Å². The van der Waals surface area contributed by atoms with Crippen molar-refractivity contribution < 1.29 is 4.79 Å². The molecule has 2 heterocycles. The molecule has 0 fully saturated rings. The summed E-state index contributed by atoms with van der Waals surface area (Å²) in [6.45, 7) is 4.08. The Morgan fingerprint density at radius 3 is 2.72 bits per heavy atom. The molecule has 0 atom stereocenters. The number of carbonyl (C=O) groups is 1. The topological polar surface area (TPSA) is 78.7 Å². The van der Waals surface area contributed by atoms with Gasteiger partial charge in [-0.25, -0.2) is 0 Å². The smallest absolute Gasteiger partial charge is 0.174 e. The maximum absolute atomic E-state index is 12.0. The summed E-state index contributed by atoms with van der Waals surface area (Å²) < 4.78 is 3.31. The van der Waals surface area contributed by atoms with Gasteiger partial charge in [-0.2, -0.15) is 10.2 Å². The first-order valence-corrected chi connectivity index (χ1v) is 5.83. The number of aryl methyl sites for hydroxylation is 1. The van der Waals surface area contributed by atoms with Crippen molar-refractivity contribution in [1.82, 2.24) is 19.6 Å². The fourth-order valence-corrected chi connectivity index (χ4v) is 1.68. The maximum Gasteiger partial charge on any atom is 0.174 e. The number of nitrogens with zero attached hydrogens (tertiary/aromatic N) is 4. The molecule has 0 bridgehead atoms. The van der Waals surface area contributed by atoms with Gasteiger partial charge in [0, 0.05) is 19.3 Å². The number of Topliss-reactive ketones (excluding diaryl/α,β-unsaturated/α-hetero) is 1. The van der Waals surface area contributed by atoms with Gasteiger partial charge in [0.1, 0.15) is 5.82 Å². The van der Waals surface area contributed by atoms with Gasteiger partial charge in [0.2, 0.25) is 0 Å². The van der Waals surface area contributed by atoms with Crippen LogP contribution in [0.25, 0.3) is 0 Å². The highest BCUT2D eigenvalue weighted by Crippen LogP contribution is 2.13. The van der Waals surface area contributed by atoms with Crippen molar-refractivity contribution in [2.24, 2.45) is 7.05 Å². The van der Waals surface area contributed by atoms with Crippen molar-refractivity contribution >= 4 is 11.6 Å². The maximum atomic E-state index is 12.0. The molecule has 0 unspecified atom stereocenters. The third kappa shape index (κ3) is 2.27. The molecule has 0 aliphatic carbocycles. The fraction of sp³-hybridized carbons (Fsp3) is 0.417. The van der Waals surface area contributed by atoms with Gasteiger partial charge in [0.15, 0.2) is 5.78 Å². The monoisotopic (exact) mass is 247 g/mol. The van der Waals surface area contributed by atoms with Gasteiger partial charge in [-0.1, -0.05) is 0 Å². The van der Waals surface area contributed by atoms with Crippen molar-refractivity contribution in [2.75, 3.05) is 5.73 Å². The third-order valence-corrected chi connectivity index (χ3v) is 2.82. The minimum Gasteiger partial charge on any atom is -0.383 e. The van der Waals surface area contributed by atoms with Crippen LogP contribution >= 0.6 is 0 Å². The first-order chi connectivity index (χ1) is 8.49. The van der Waals surface area contributed by atoms with Crippen LogP contribution < -0.4 is 5.73 Å². The zero-order valence-electron chi connectivity index (χ0n) is 10.8. The van der Waals surface area contributed by atoms with Crippen molar-refractivity contribution in [3.05, 3.63) is 29.7 Å². The molecule has 2 aromatic heterocycles. The Labute approximate surface area is 105 Å². The zero-order valence-corrected chi connectivity index (χ0v) is 10.8. The molecule has 0 aliphatic heterocycles. The Kier molecular flexibility index (Phi) is 3.18. The lowest BCUT2D eigenvalue weighted by Gasteiger charge is -2.03. The van der Waals surface area contributed by atoms with Crippen molar-refractivity contribution in [3.8, 4) is 0 Å². The number of nitrogens with two attached hydrogens (primary N) is 1. The zero-order chi connectivity index (χ0) is 13.3. The average molecular weight is 247 g/mol. The summed E-state index contributed by atoms with van der Waals surface area (Å²) in [7, 11) is 1.71. The van der Waals surface area contributed by atoms with Gasteiger partial charge in [0.25, 0.3) is 0 Å². The summed E-state index contributed by atoms with van der Waals surface area (Å²) in [5.74, 6) is 0.331. The quantitative estimate of drug-likeness (QED) is 0.823. The summed E-state index contributed by atoms with van der Waals surface area (Å²) in [6.07, 6.45) is 3.62. The molecule has 0 amide bonds. The van der Waals surface area contributed by atoms with Crippen molar-refractivity contribution in [2.45, 2.75) is 26.3 Å². The SMILES string of the molecule is CC(C)n1ccc(CC(=O)c2cnn(C)c2N)n1. The first-order valence-electron chi connectivity index (χ1n) is 5.83. The van der Waals surface area contributed by atoms with Crippen molar-refractivity contribution in [3.63, 3.8) is 0 Å². The molecule has 0 radical (unpaired) electrons. The van der Waals surface area contributed by atoms with Crippen molar-refractivity contribution in [1.29, 1.82) is 0 Å². The van der Waals surface area contributed by atoms with Gasteiger partial charge in [-0.05, 0) is 19.9 Å². The Bertz CT molecular complexity index is 567. The number of ketones is 1. The Balaban J connectivity index is 2.14. The van der Waals surface area contributed by atoms with Crippen LogP contribution in [-0.2, 0) is 13.5 Å². The molecule has 2 rings (SSSR count). The van der Waals surface area contributed by atoms with E-state index in [1.807, 2.05) is 30.8 Å². The molecule has 2 N–H and O–H groups in total. The van der Waals surface area contributed by atoms with E-state index in [1.54, 1.807) is 7.05 Å². The second-order valence-corrected chi connectivity index (χ2v) is 4.55. The van der Waals surface area contributed by atoms with Crippen LogP contribution in [0.15, 0.2) is 18.5 Å². The molecule has 0 aromatic carbocycles. The Morgan fingerprint density at radius 2 is 2.22 bits per heavy atom. The molecule has 0 aliphatic rings. The number of aromatic nitrogens is 4. The van der Waals surface area contributed by atoms with Gasteiger partial charge in [-0.3, -0.25) is 14.2 Å². The van der Waals surface area contributed by atoms with E-state index in [0.29, 0.717) is 11.4 Å². The number of hydrogen-bond acceptors (Lipinski definition) is 4. The van der Waals surface area contributed by atoms with Crippen LogP contribution in [0.3, 0.4) is 0 Å². The lowest BCUT2D eigenvalue weighted by Crippen LogP contribution is -2.09. The fourth-order valence-electron chi connectivity index (χ4n) is 1.68. The number of rotatable bonds is 4. The van der Waals surface area contributed by atoms with Gasteiger partial charge in [-0.15, -0.1) is 0 Å². The van der Waals surface area contributed by atoms with E-state index in [9.17, 15) is 4.79 Å². The molecule has 0 saturated carbocycles. The Morgan fingerprint density at radius 1 is 1.50 bits per heavy atom. The Hall–Kier alpha value is -2.11. The van der Waals surface area contributed by atoms with E-state index in [-0.39, 0.29) is 18.2 Å². The van der Waals surface area contributed by atoms with Gasteiger partial charge < -0.3 is 5.73 Å². The van der Waals surface area contributed by atoms with Crippen LogP contribution in [0.1, 0.15) is 35.9 Å². The number of nitrogen functional groups attached to an aromatic ring is 1. The second kappa shape index (κ2) is 4.64. The van der Waals surface area contributed by atoms with E-state index >= 15 is 0 Å². The molecule has 2 aromatic rings. The van der Waals surface area contributed by atoms with E-state index < -0.39 is 0 Å². The summed E-state index contributed by atoms with van der Waals surface area (Å²) in [4.78, 5) is 12.0. The lowest BCUT2D eigenvalue weighted by molar-refractivity contribution is 0.0992. The summed E-state index contributed by atoms with van der Waals surface area (Å²) in [5.41, 5.74) is 6.97. The van der Waals surface area contributed by atoms with E-state index in [2.05, 4.69) is 10.2 Å². The largest absolute Gasteiger partial charge is 0.383 e. The van der Waals surface area contributed by atoms with Crippen LogP contribution in [0, 0.1) is 0 Å². The standard InChI is InChI=1S/C12H17N5O/c1-8(2)17-5-4-9(15-17)6-11(18)10-7-14-16(3)12(10)13/h4-5,7-8H,6,13H2,1-3H3. The van der Waals surface area contributed by atoms with Gasteiger partial charge >= 0.3 is 0 Å². The molecule has 18 heavy (non-hydrogen) atoms. The van der Waals surface area contributed by atoms with Crippen LogP contribution in [0.5, 0.6) is 0 Å². The predicted octanol–water partition coefficient (Wildman–Crippen LogP) is 1.21. The number of carbonyl (C=O) groups excluding carboxylic acids is 1. The lowest BCUT2D eigenvalue weighted by atomic mass is 10.1. The molecule has 6 nitrogen and oxygen atoms in total. The molecular weight excluding hydrogens is 230 g/mol. The highest BCUT2D eigenvalue weighted by Gasteiger charge is 2.15. The molecule has 0 spiro atoms. The van der Waals surface area contributed by atoms with E-state index in [1.165, 1.54) is 10.9 Å². The predicted molar refractivity (Wildman–Crippen MR) is 68.3 cm³/mol. The van der Waals surface area contributed by atoms with Gasteiger partial charge in [0.05, 0.1) is 23.9 Å². The molecule has 0 saturated heterocycles. The number of hydrogen-bond donors (Lipinski definition) is 1. The van der Waals surface area contributed by atoms with Crippen LogP contribution in [0.2, 0.25) is 0 Å². The molecular formula is C12H17N5O.